The van der Waals surface area contributed by atoms with Gasteiger partial charge in [-0.15, -0.1) is 0 Å². The van der Waals surface area contributed by atoms with E-state index in [0.717, 1.165) is 76.2 Å². The lowest BCUT2D eigenvalue weighted by Crippen LogP contribution is -2.32. The molecule has 0 aliphatic carbocycles. The first-order valence-corrected chi connectivity index (χ1v) is 17.7. The summed E-state index contributed by atoms with van der Waals surface area (Å²) in [4.78, 5) is 5.49. The monoisotopic (exact) mass is 645 g/mol. The number of ether oxygens (including phenoxy) is 1. The maximum atomic E-state index is 13.3. The smallest absolute Gasteiger partial charge is 0.240 e. The highest BCUT2D eigenvalue weighted by molar-refractivity contribution is 7.95. The number of phenolic OH excluding ortho intramolecular Hbond substituents is 1. The number of nitrogens with one attached hydrogen (secondary N) is 1. The van der Waals surface area contributed by atoms with E-state index >= 15 is 0 Å². The van der Waals surface area contributed by atoms with E-state index in [1.165, 1.54) is 12.0 Å². The number of aromatic hydroxyl groups is 1. The average molecular weight is 646 g/mol. The van der Waals surface area contributed by atoms with E-state index in [4.69, 9.17) is 8.92 Å². The van der Waals surface area contributed by atoms with Crippen LogP contribution in [0.15, 0.2) is 88.7 Å². The molecule has 0 radical (unpaired) electrons. The van der Waals surface area contributed by atoms with Crippen molar-refractivity contribution in [1.29, 1.82) is 0 Å². The van der Waals surface area contributed by atoms with Gasteiger partial charge in [0.2, 0.25) is 10.0 Å². The Kier molecular flexibility index (Phi) is 8.76. The number of sulfonamides is 1. The van der Waals surface area contributed by atoms with Crippen molar-refractivity contribution in [2.75, 3.05) is 42.5 Å². The molecule has 0 aromatic heterocycles. The van der Waals surface area contributed by atoms with Gasteiger partial charge in [0.25, 0.3) is 0 Å². The quantitative estimate of drug-likeness (QED) is 0.168. The molecule has 0 saturated carbocycles. The summed E-state index contributed by atoms with van der Waals surface area (Å²) >= 11 is 1.20. The molecule has 236 valence electrons. The van der Waals surface area contributed by atoms with Gasteiger partial charge in [-0.05, 0) is 88.2 Å². The van der Waals surface area contributed by atoms with E-state index in [9.17, 15) is 13.5 Å². The van der Waals surface area contributed by atoms with Gasteiger partial charge in [0.05, 0.1) is 4.90 Å². The zero-order chi connectivity index (χ0) is 31.8. The molecule has 45 heavy (non-hydrogen) atoms. The van der Waals surface area contributed by atoms with Gasteiger partial charge in [-0.25, -0.2) is 13.1 Å². The standard InChI is InChI=1S/C35H39N3O5S2/c1-5-37(6-2)25-11-16-29-32(21-25)42-33-22-26(38(7-3)8-4)12-17-30(33)35(29)31-18-15-28(23-34(31)44-43-35)45(40,41)36-20-19-24-9-13-27(39)14-10-24/h9-18,21-23,36,39H,5-8,19-20H2,1-4H3. The van der Waals surface area contributed by atoms with Crippen molar-refractivity contribution in [1.82, 2.24) is 4.72 Å². The van der Waals surface area contributed by atoms with E-state index in [0.29, 0.717) is 6.42 Å². The van der Waals surface area contributed by atoms with Gasteiger partial charge in [0, 0.05) is 89.9 Å². The fourth-order valence-corrected chi connectivity index (χ4v) is 8.34. The predicted molar refractivity (Wildman–Crippen MR) is 180 cm³/mol. The molecule has 10 heteroatoms. The molecule has 4 aromatic carbocycles. The molecule has 2 aliphatic heterocycles. The largest absolute Gasteiger partial charge is 0.508 e. The minimum Gasteiger partial charge on any atom is -0.508 e. The van der Waals surface area contributed by atoms with E-state index in [-0.39, 0.29) is 17.2 Å². The molecule has 6 rings (SSSR count). The molecule has 0 fully saturated rings. The fraction of sp³-hybridized carbons (Fsp3) is 0.314. The third-order valence-electron chi connectivity index (χ3n) is 8.71. The van der Waals surface area contributed by atoms with Crippen LogP contribution in [0.3, 0.4) is 0 Å². The van der Waals surface area contributed by atoms with Gasteiger partial charge in [0.15, 0.2) is 5.60 Å². The second-order valence-corrected chi connectivity index (χ2v) is 13.7. The number of phenols is 1. The van der Waals surface area contributed by atoms with Crippen LogP contribution < -0.4 is 19.3 Å². The van der Waals surface area contributed by atoms with Gasteiger partial charge in [-0.3, -0.25) is 4.18 Å². The number of benzene rings is 4. The number of anilines is 2. The molecule has 0 amide bonds. The van der Waals surface area contributed by atoms with Gasteiger partial charge in [-0.1, -0.05) is 18.2 Å². The summed E-state index contributed by atoms with van der Waals surface area (Å²) in [6, 6.07) is 24.5. The number of nitrogens with zero attached hydrogens (tertiary/aromatic N) is 2. The lowest BCUT2D eigenvalue weighted by atomic mass is 9.78. The third-order valence-corrected chi connectivity index (χ3v) is 11.0. The minimum absolute atomic E-state index is 0.179. The van der Waals surface area contributed by atoms with E-state index in [1.54, 1.807) is 36.4 Å². The van der Waals surface area contributed by atoms with Crippen LogP contribution >= 0.6 is 12.0 Å². The first kappa shape index (κ1) is 31.3. The van der Waals surface area contributed by atoms with Crippen LogP contribution in [0.2, 0.25) is 0 Å². The van der Waals surface area contributed by atoms with Crippen molar-refractivity contribution >= 4 is 33.4 Å². The highest BCUT2D eigenvalue weighted by Gasteiger charge is 2.51. The van der Waals surface area contributed by atoms with Crippen LogP contribution in [-0.4, -0.2) is 46.2 Å². The number of hydrogen-bond donors (Lipinski definition) is 2. The fourth-order valence-electron chi connectivity index (χ4n) is 6.24. The zero-order valence-electron chi connectivity index (χ0n) is 26.0. The summed E-state index contributed by atoms with van der Waals surface area (Å²) in [7, 11) is -3.77. The number of rotatable bonds is 11. The summed E-state index contributed by atoms with van der Waals surface area (Å²) in [6.45, 7) is 12.3. The molecular formula is C35H39N3O5S2. The molecule has 1 spiro atoms. The van der Waals surface area contributed by atoms with Crippen molar-refractivity contribution in [2.45, 2.75) is 49.5 Å². The molecule has 0 atom stereocenters. The Bertz CT molecular complexity index is 1740. The van der Waals surface area contributed by atoms with Gasteiger partial charge in [-0.2, -0.15) is 0 Å². The van der Waals surface area contributed by atoms with E-state index in [1.807, 2.05) is 6.07 Å². The average Bonchev–Trinajstić information content (AvgIpc) is 3.42. The normalized spacial score (nSPS) is 14.4. The molecule has 4 aromatic rings. The molecule has 2 heterocycles. The Hall–Kier alpha value is -3.70. The molecular weight excluding hydrogens is 607 g/mol. The maximum Gasteiger partial charge on any atom is 0.240 e. The molecule has 8 nitrogen and oxygen atoms in total. The molecule has 0 saturated heterocycles. The summed E-state index contributed by atoms with van der Waals surface area (Å²) in [5.41, 5.74) is 4.76. The van der Waals surface area contributed by atoms with E-state index < -0.39 is 15.6 Å². The van der Waals surface area contributed by atoms with Crippen molar-refractivity contribution in [3.8, 4) is 17.2 Å². The van der Waals surface area contributed by atoms with Crippen molar-refractivity contribution in [2.24, 2.45) is 0 Å². The van der Waals surface area contributed by atoms with Gasteiger partial charge >= 0.3 is 0 Å². The van der Waals surface area contributed by atoms with Crippen LogP contribution in [-0.2, 0) is 26.2 Å². The lowest BCUT2D eigenvalue weighted by molar-refractivity contribution is 0.185. The predicted octanol–water partition coefficient (Wildman–Crippen LogP) is 7.04. The molecule has 2 aliphatic rings. The van der Waals surface area contributed by atoms with Crippen LogP contribution in [0.25, 0.3) is 0 Å². The second kappa shape index (κ2) is 12.6. The minimum atomic E-state index is -3.77. The van der Waals surface area contributed by atoms with Gasteiger partial charge in [0.1, 0.15) is 17.2 Å². The van der Waals surface area contributed by atoms with Crippen molar-refractivity contribution in [3.63, 3.8) is 0 Å². The zero-order valence-corrected chi connectivity index (χ0v) is 27.7. The van der Waals surface area contributed by atoms with Crippen LogP contribution in [0, 0.1) is 0 Å². The third kappa shape index (κ3) is 5.65. The summed E-state index contributed by atoms with van der Waals surface area (Å²) in [6.07, 6.45) is 0.504. The Morgan fingerprint density at radius 2 is 1.31 bits per heavy atom. The highest BCUT2D eigenvalue weighted by atomic mass is 32.2. The van der Waals surface area contributed by atoms with Crippen molar-refractivity contribution in [3.05, 3.63) is 101 Å². The van der Waals surface area contributed by atoms with Crippen LogP contribution in [0.5, 0.6) is 17.2 Å². The van der Waals surface area contributed by atoms with E-state index in [2.05, 4.69) is 78.6 Å². The maximum absolute atomic E-state index is 13.3. The molecule has 0 unspecified atom stereocenters. The first-order valence-electron chi connectivity index (χ1n) is 15.5. The number of hydrogen-bond acceptors (Lipinski definition) is 8. The lowest BCUT2D eigenvalue weighted by Gasteiger charge is -2.37. The highest BCUT2D eigenvalue weighted by Crippen LogP contribution is 2.60. The topological polar surface area (TPSA) is 91.3 Å². The SMILES string of the molecule is CCN(CC)c1ccc2c(c1)Oc1cc(N(CC)CC)ccc1C21OSc2cc(S(=O)(=O)NCCc3ccc(O)cc3)ccc21. The number of fused-ring (bicyclic) bond motifs is 6. The molecule has 0 bridgehead atoms. The van der Waals surface area contributed by atoms with Crippen molar-refractivity contribution < 1.29 is 22.4 Å². The molecule has 2 N–H and O–H groups in total. The summed E-state index contributed by atoms with van der Waals surface area (Å²) < 4.78 is 42.7. The Labute approximate surface area is 270 Å². The Morgan fingerprint density at radius 3 is 1.87 bits per heavy atom. The summed E-state index contributed by atoms with van der Waals surface area (Å²) in [5.74, 6) is 1.63. The summed E-state index contributed by atoms with van der Waals surface area (Å²) in [5, 5.41) is 9.51. The Morgan fingerprint density at radius 1 is 0.756 bits per heavy atom. The second-order valence-electron chi connectivity index (χ2n) is 11.1. The Balaban J connectivity index is 1.39. The van der Waals surface area contributed by atoms with Gasteiger partial charge < -0.3 is 19.6 Å². The van der Waals surface area contributed by atoms with Crippen LogP contribution in [0.1, 0.15) is 49.9 Å². The first-order chi connectivity index (χ1) is 21.7. The van der Waals surface area contributed by atoms with Crippen LogP contribution in [0.4, 0.5) is 11.4 Å².